The predicted octanol–water partition coefficient (Wildman–Crippen LogP) is 2.89. The number of nitrogens with one attached hydrogen (secondary N) is 1. The van der Waals surface area contributed by atoms with E-state index in [9.17, 15) is 0 Å². The van der Waals surface area contributed by atoms with Gasteiger partial charge in [0, 0.05) is 19.6 Å². The van der Waals surface area contributed by atoms with Gasteiger partial charge in [0.05, 0.1) is 0 Å². The van der Waals surface area contributed by atoms with E-state index in [-0.39, 0.29) is 0 Å². The zero-order valence-corrected chi connectivity index (χ0v) is 12.0. The molecule has 1 N–H and O–H groups in total. The molecule has 2 heterocycles. The first kappa shape index (κ1) is 13.4. The maximum atomic E-state index is 3.26. The van der Waals surface area contributed by atoms with Crippen LogP contribution in [0.2, 0.25) is 0 Å². The number of rotatable bonds is 1. The minimum atomic E-state index is 0.843. The Kier molecular flexibility index (Phi) is 4.14. The molecule has 2 saturated carbocycles. The van der Waals surface area contributed by atoms with Gasteiger partial charge in [0.15, 0.2) is 0 Å². The third-order valence-corrected chi connectivity index (χ3v) is 4.88. The average molecular weight is 238 g/mol. The van der Waals surface area contributed by atoms with Crippen LogP contribution in [0.1, 0.15) is 52.9 Å². The molecule has 2 aliphatic heterocycles. The molecule has 4 rings (SSSR count). The summed E-state index contributed by atoms with van der Waals surface area (Å²) in [6.45, 7) is 12.9. The number of hydrogen-bond acceptors (Lipinski definition) is 2. The minimum absolute atomic E-state index is 0.843. The molecule has 2 saturated heterocycles. The molecule has 0 unspecified atom stereocenters. The molecule has 4 fully saturated rings. The Morgan fingerprint density at radius 3 is 1.71 bits per heavy atom. The Morgan fingerprint density at radius 2 is 1.53 bits per heavy atom. The molecule has 0 bridgehead atoms. The van der Waals surface area contributed by atoms with E-state index in [2.05, 4.69) is 17.1 Å². The lowest BCUT2D eigenvalue weighted by Gasteiger charge is -2.26. The molecular weight excluding hydrogens is 208 g/mol. The minimum Gasteiger partial charge on any atom is -0.316 e. The molecule has 17 heavy (non-hydrogen) atoms. The Hall–Kier alpha value is -0.0800. The standard InChI is InChI=1S/C8H15N.C5H9N.C2H6/c1-2-9-6-5-8(7-9)3-4-8;1-2-5(1)3-6-4-5;1-2/h2-7H2,1H3;6H,1-4H2;1-2H3. The first-order valence-electron chi connectivity index (χ1n) is 7.69. The van der Waals surface area contributed by atoms with E-state index in [1.807, 2.05) is 13.8 Å². The molecule has 0 atom stereocenters. The van der Waals surface area contributed by atoms with Gasteiger partial charge in [-0.05, 0) is 56.0 Å². The molecule has 0 aromatic carbocycles. The summed E-state index contributed by atoms with van der Waals surface area (Å²) in [6.07, 6.45) is 7.52. The van der Waals surface area contributed by atoms with Crippen molar-refractivity contribution in [2.45, 2.75) is 52.9 Å². The van der Waals surface area contributed by atoms with E-state index in [1.165, 1.54) is 64.8 Å². The molecule has 2 nitrogen and oxygen atoms in total. The Morgan fingerprint density at radius 1 is 0.941 bits per heavy atom. The van der Waals surface area contributed by atoms with Gasteiger partial charge >= 0.3 is 0 Å². The van der Waals surface area contributed by atoms with E-state index in [1.54, 1.807) is 0 Å². The van der Waals surface area contributed by atoms with Crippen molar-refractivity contribution in [1.29, 1.82) is 0 Å². The largest absolute Gasteiger partial charge is 0.316 e. The van der Waals surface area contributed by atoms with E-state index >= 15 is 0 Å². The monoisotopic (exact) mass is 238 g/mol. The molecule has 0 aromatic rings. The van der Waals surface area contributed by atoms with Crippen LogP contribution in [0.4, 0.5) is 0 Å². The topological polar surface area (TPSA) is 15.3 Å². The summed E-state index contributed by atoms with van der Waals surface area (Å²) in [5.41, 5.74) is 1.70. The second kappa shape index (κ2) is 5.27. The summed E-state index contributed by atoms with van der Waals surface area (Å²) in [4.78, 5) is 2.58. The second-order valence-electron chi connectivity index (χ2n) is 6.22. The smallest absolute Gasteiger partial charge is 0.00383 e. The van der Waals surface area contributed by atoms with Crippen molar-refractivity contribution in [2.24, 2.45) is 10.8 Å². The van der Waals surface area contributed by atoms with Gasteiger partial charge in [0.25, 0.3) is 0 Å². The fourth-order valence-electron chi connectivity index (χ4n) is 2.89. The normalized spacial score (nSPS) is 29.8. The average Bonchev–Trinajstić information content (AvgIpc) is 3.19. The van der Waals surface area contributed by atoms with Crippen LogP contribution in [0.3, 0.4) is 0 Å². The maximum Gasteiger partial charge on any atom is 0.00383 e. The summed E-state index contributed by atoms with van der Waals surface area (Å²) in [5, 5.41) is 3.26. The first-order chi connectivity index (χ1) is 8.26. The lowest BCUT2D eigenvalue weighted by molar-refractivity contribution is 0.324. The molecule has 4 aliphatic rings. The summed E-state index contributed by atoms with van der Waals surface area (Å²) < 4.78 is 0. The van der Waals surface area contributed by atoms with Crippen LogP contribution in [-0.4, -0.2) is 37.6 Å². The highest BCUT2D eigenvalue weighted by molar-refractivity contribution is 5.03. The molecule has 2 heteroatoms. The Bertz CT molecular complexity index is 235. The van der Waals surface area contributed by atoms with Crippen molar-refractivity contribution in [3.05, 3.63) is 0 Å². The fraction of sp³-hybridized carbons (Fsp3) is 1.00. The van der Waals surface area contributed by atoms with Crippen molar-refractivity contribution >= 4 is 0 Å². The van der Waals surface area contributed by atoms with Crippen molar-refractivity contribution < 1.29 is 0 Å². The first-order valence-corrected chi connectivity index (χ1v) is 7.69. The van der Waals surface area contributed by atoms with Gasteiger partial charge in [-0.2, -0.15) is 0 Å². The fourth-order valence-corrected chi connectivity index (χ4v) is 2.89. The van der Waals surface area contributed by atoms with Crippen molar-refractivity contribution in [3.8, 4) is 0 Å². The number of nitrogens with zero attached hydrogens (tertiary/aromatic N) is 1. The van der Waals surface area contributed by atoms with Crippen LogP contribution < -0.4 is 5.32 Å². The van der Waals surface area contributed by atoms with Gasteiger partial charge < -0.3 is 10.2 Å². The molecule has 0 radical (unpaired) electrons. The van der Waals surface area contributed by atoms with Crippen LogP contribution in [0.5, 0.6) is 0 Å². The van der Waals surface area contributed by atoms with Crippen LogP contribution in [0.15, 0.2) is 0 Å². The quantitative estimate of drug-likeness (QED) is 0.755. The van der Waals surface area contributed by atoms with E-state index < -0.39 is 0 Å². The summed E-state index contributed by atoms with van der Waals surface area (Å²) in [7, 11) is 0. The van der Waals surface area contributed by atoms with E-state index in [0.717, 1.165) is 10.8 Å². The summed E-state index contributed by atoms with van der Waals surface area (Å²) >= 11 is 0. The van der Waals surface area contributed by atoms with E-state index in [4.69, 9.17) is 0 Å². The summed E-state index contributed by atoms with van der Waals surface area (Å²) in [5.74, 6) is 0. The van der Waals surface area contributed by atoms with Crippen LogP contribution in [0, 0.1) is 10.8 Å². The molecule has 0 aromatic heterocycles. The Labute approximate surface area is 107 Å². The van der Waals surface area contributed by atoms with Gasteiger partial charge in [0.1, 0.15) is 0 Å². The molecule has 2 spiro atoms. The molecule has 2 aliphatic carbocycles. The lowest BCUT2D eigenvalue weighted by Crippen LogP contribution is -2.43. The zero-order chi connectivity index (χ0) is 12.4. The molecule has 100 valence electrons. The highest BCUT2D eigenvalue weighted by atomic mass is 15.2. The third kappa shape index (κ3) is 3.23. The van der Waals surface area contributed by atoms with Gasteiger partial charge in [-0.25, -0.2) is 0 Å². The van der Waals surface area contributed by atoms with Crippen molar-refractivity contribution in [2.75, 3.05) is 32.7 Å². The van der Waals surface area contributed by atoms with Gasteiger partial charge in [-0.3, -0.25) is 0 Å². The van der Waals surface area contributed by atoms with E-state index in [0.29, 0.717) is 0 Å². The summed E-state index contributed by atoms with van der Waals surface area (Å²) in [6, 6.07) is 0. The van der Waals surface area contributed by atoms with Crippen LogP contribution >= 0.6 is 0 Å². The highest BCUT2D eigenvalue weighted by Gasteiger charge is 2.47. The third-order valence-electron chi connectivity index (χ3n) is 4.88. The zero-order valence-electron chi connectivity index (χ0n) is 12.0. The SMILES string of the molecule is C1CC12CNC2.CC.CCN1CCC2(CC2)C1. The van der Waals surface area contributed by atoms with Crippen molar-refractivity contribution in [3.63, 3.8) is 0 Å². The number of hydrogen-bond donors (Lipinski definition) is 1. The maximum absolute atomic E-state index is 3.26. The predicted molar refractivity (Wildman–Crippen MR) is 74.3 cm³/mol. The molecule has 0 amide bonds. The van der Waals surface area contributed by atoms with Crippen LogP contribution in [0.25, 0.3) is 0 Å². The number of likely N-dealkylation sites (tertiary alicyclic amines) is 1. The molecular formula is C15H30N2. The van der Waals surface area contributed by atoms with Gasteiger partial charge in [0.2, 0.25) is 0 Å². The van der Waals surface area contributed by atoms with Crippen molar-refractivity contribution in [1.82, 2.24) is 10.2 Å². The Balaban J connectivity index is 0.000000117. The highest BCUT2D eigenvalue weighted by Crippen LogP contribution is 2.52. The van der Waals surface area contributed by atoms with Gasteiger partial charge in [-0.15, -0.1) is 0 Å². The van der Waals surface area contributed by atoms with Crippen LogP contribution in [-0.2, 0) is 0 Å². The van der Waals surface area contributed by atoms with Gasteiger partial charge in [-0.1, -0.05) is 20.8 Å². The second-order valence-corrected chi connectivity index (χ2v) is 6.22. The lowest BCUT2D eigenvalue weighted by atomic mass is 10.0.